The van der Waals surface area contributed by atoms with Crippen LogP contribution < -0.4 is 0 Å². The zero-order valence-corrected chi connectivity index (χ0v) is 9.73. The van der Waals surface area contributed by atoms with Crippen LogP contribution in [0.1, 0.15) is 0 Å². The molecule has 0 saturated carbocycles. The van der Waals surface area contributed by atoms with Crippen molar-refractivity contribution in [2.75, 3.05) is 0 Å². The van der Waals surface area contributed by atoms with Gasteiger partial charge in [-0.1, -0.05) is 0 Å². The first-order chi connectivity index (χ1) is 2.00. The summed E-state index contributed by atoms with van der Waals surface area (Å²) in [7, 11) is -4.64. The normalized spacial score (nSPS) is 8.43. The molecule has 0 spiro atoms. The monoisotopic (exact) mass is 261 g/mol. The van der Waals surface area contributed by atoms with Crippen molar-refractivity contribution in [3.8, 4) is 0 Å². The van der Waals surface area contributed by atoms with Gasteiger partial charge in [-0.15, -0.1) is 0 Å². The van der Waals surface area contributed by atoms with Crippen molar-refractivity contribution >= 4 is 37.4 Å². The first kappa shape index (κ1) is 16.2. The fourth-order valence-electron chi connectivity index (χ4n) is 0. The van der Waals surface area contributed by atoms with Crippen molar-refractivity contribution in [3.05, 3.63) is 0 Å². The number of hydrogen-bond acceptors (Lipinski definition) is 1. The summed E-state index contributed by atoms with van der Waals surface area (Å²) in [5.41, 5.74) is 0. The van der Waals surface area contributed by atoms with E-state index in [-0.39, 0.29) is 71.3 Å². The molecule has 0 amide bonds. The fraction of sp³-hybridized carbons (Fsp3) is 0. The second-order valence-corrected chi connectivity index (χ2v) is 1.54. The molecule has 0 rings (SSSR count). The zero-order valence-electron chi connectivity index (χ0n) is 3.70. The Balaban J connectivity index is -0.0000000800. The van der Waals surface area contributed by atoms with Crippen LogP contribution in [0.3, 0.4) is 0 Å². The minimum atomic E-state index is -4.64. The van der Waals surface area contributed by atoms with Crippen LogP contribution in [0.4, 0.5) is 0 Å². The van der Waals surface area contributed by atoms with Crippen LogP contribution in [0.2, 0.25) is 0 Å². The van der Waals surface area contributed by atoms with Gasteiger partial charge in [0.05, 0.1) is 0 Å². The zero-order chi connectivity index (χ0) is 4.50. The molecule has 0 aromatic heterocycles. The summed E-state index contributed by atoms with van der Waals surface area (Å²) in [6.45, 7) is 0. The molecule has 0 aliphatic rings. The Morgan fingerprint density at radius 3 is 1.14 bits per heavy atom. The Kier molecular flexibility index (Phi) is 15.3. The summed E-state index contributed by atoms with van der Waals surface area (Å²) in [6.07, 6.45) is 0. The molecule has 0 atom stereocenters. The van der Waals surface area contributed by atoms with E-state index < -0.39 is 7.82 Å². The minimum Gasteiger partial charge on any atom is -0.303 e. The second kappa shape index (κ2) is 6.60. The van der Waals surface area contributed by atoms with Crippen molar-refractivity contribution in [1.82, 2.24) is 0 Å². The van der Waals surface area contributed by atoms with Crippen molar-refractivity contribution in [3.63, 3.8) is 0 Å². The van der Waals surface area contributed by atoms with Crippen LogP contribution >= 0.6 is 7.82 Å². The van der Waals surface area contributed by atoms with Gasteiger partial charge < -0.3 is 14.7 Å². The third-order valence-corrected chi connectivity index (χ3v) is 0. The van der Waals surface area contributed by atoms with Crippen LogP contribution in [0, 0.1) is 41.7 Å². The maximum absolute atomic E-state index is 8.88. The number of phosphoric acid groups is 1. The Hall–Kier alpha value is 2.49. The first-order valence-electron chi connectivity index (χ1n) is 0.783. The molecule has 0 heterocycles. The summed E-state index contributed by atoms with van der Waals surface area (Å²) in [5.74, 6) is 0. The van der Waals surface area contributed by atoms with E-state index in [0.717, 1.165) is 0 Å². The maximum Gasteiger partial charge on any atom is 0.466 e. The number of hydrogen-bond donors (Lipinski definition) is 3. The third-order valence-electron chi connectivity index (χ3n) is 0. The van der Waals surface area contributed by atoms with Gasteiger partial charge >= 0.3 is 7.82 Å². The molecule has 3 N–H and O–H groups in total. The van der Waals surface area contributed by atoms with Crippen LogP contribution in [-0.4, -0.2) is 44.2 Å². The molecule has 7 heavy (non-hydrogen) atoms. The molecule has 0 aromatic rings. The van der Waals surface area contributed by atoms with Crippen molar-refractivity contribution in [2.45, 2.75) is 0 Å². The SMILES string of the molecule is O=P(O)(O)O.[Ce].[Na]. The average Bonchev–Trinajstić information content (AvgIpc) is 0.722. The number of rotatable bonds is 0. The van der Waals surface area contributed by atoms with E-state index in [9.17, 15) is 0 Å². The molecule has 1 radical (unpaired) electrons. The predicted molar refractivity (Wildman–Crippen MR) is 20.0 cm³/mol. The van der Waals surface area contributed by atoms with Gasteiger partial charge in [-0.2, -0.15) is 0 Å². The summed E-state index contributed by atoms with van der Waals surface area (Å²) >= 11 is 0. The van der Waals surface area contributed by atoms with E-state index in [4.69, 9.17) is 19.2 Å². The van der Waals surface area contributed by atoms with E-state index in [1.54, 1.807) is 0 Å². The van der Waals surface area contributed by atoms with Crippen LogP contribution in [0.5, 0.6) is 0 Å². The summed E-state index contributed by atoms with van der Waals surface area (Å²) < 4.78 is 8.88. The average molecular weight is 261 g/mol. The molecule has 37 valence electrons. The van der Waals surface area contributed by atoms with Crippen LogP contribution in [0.15, 0.2) is 0 Å². The van der Waals surface area contributed by atoms with E-state index in [1.165, 1.54) is 0 Å². The van der Waals surface area contributed by atoms with Gasteiger partial charge in [0, 0.05) is 71.3 Å². The van der Waals surface area contributed by atoms with Gasteiger partial charge in [0.1, 0.15) is 0 Å². The molecular formula is H3CeNaO4P. The van der Waals surface area contributed by atoms with Gasteiger partial charge in [-0.05, 0) is 0 Å². The summed E-state index contributed by atoms with van der Waals surface area (Å²) in [5, 5.41) is 0. The van der Waals surface area contributed by atoms with Crippen LogP contribution in [-0.2, 0) is 4.57 Å². The van der Waals surface area contributed by atoms with Gasteiger partial charge in [0.25, 0.3) is 0 Å². The van der Waals surface area contributed by atoms with Gasteiger partial charge in [-0.3, -0.25) is 0 Å². The molecule has 0 unspecified atom stereocenters. The molecule has 7 heteroatoms. The molecule has 0 aliphatic carbocycles. The topological polar surface area (TPSA) is 77.8 Å². The molecule has 4 nitrogen and oxygen atoms in total. The van der Waals surface area contributed by atoms with Crippen molar-refractivity contribution in [2.24, 2.45) is 0 Å². The van der Waals surface area contributed by atoms with Crippen molar-refractivity contribution in [1.29, 1.82) is 0 Å². The minimum absolute atomic E-state index is 0. The Labute approximate surface area is 96.6 Å². The van der Waals surface area contributed by atoms with E-state index in [1.807, 2.05) is 0 Å². The molecule has 0 aliphatic heterocycles. The quantitative estimate of drug-likeness (QED) is 0.374. The Bertz CT molecular complexity index is 57.8. The van der Waals surface area contributed by atoms with Gasteiger partial charge in [-0.25, -0.2) is 4.57 Å². The van der Waals surface area contributed by atoms with Crippen LogP contribution in [0.25, 0.3) is 0 Å². The van der Waals surface area contributed by atoms with E-state index in [0.29, 0.717) is 0 Å². The molecular weight excluding hydrogens is 258 g/mol. The van der Waals surface area contributed by atoms with E-state index in [2.05, 4.69) is 0 Å². The molecule has 0 saturated heterocycles. The molecule has 0 aromatic carbocycles. The molecule has 0 fully saturated rings. The second-order valence-electron chi connectivity index (χ2n) is 0.513. The fourth-order valence-corrected chi connectivity index (χ4v) is 0. The summed E-state index contributed by atoms with van der Waals surface area (Å²) in [4.78, 5) is 21.6. The third kappa shape index (κ3) is 57.8. The van der Waals surface area contributed by atoms with Gasteiger partial charge in [0.2, 0.25) is 0 Å². The Morgan fingerprint density at radius 1 is 1.14 bits per heavy atom. The predicted octanol–water partition coefficient (Wildman–Crippen LogP) is -1.31. The summed E-state index contributed by atoms with van der Waals surface area (Å²) in [6, 6.07) is 0. The maximum atomic E-state index is 8.88. The Morgan fingerprint density at radius 2 is 1.14 bits per heavy atom. The van der Waals surface area contributed by atoms with Crippen molar-refractivity contribution < 1.29 is 61.0 Å². The largest absolute Gasteiger partial charge is 0.466 e. The van der Waals surface area contributed by atoms with E-state index >= 15 is 0 Å². The smallest absolute Gasteiger partial charge is 0.303 e. The van der Waals surface area contributed by atoms with Gasteiger partial charge in [0.15, 0.2) is 0 Å². The first-order valence-corrected chi connectivity index (χ1v) is 2.35. The standard InChI is InChI=1S/Ce.Na.H3O4P/c;;1-5(2,3)4/h;;(H3,1,2,3,4). The molecule has 0 bridgehead atoms.